The number of likely N-dealkylation sites (tertiary alicyclic amines) is 1. The molecule has 0 unspecified atom stereocenters. The largest absolute Gasteiger partial charge is 0.465 e. The Balaban J connectivity index is 1.80. The van der Waals surface area contributed by atoms with E-state index in [9.17, 15) is 9.90 Å². The number of nitrogens with zero attached hydrogens (tertiary/aromatic N) is 2. The molecule has 1 amide bonds. The maximum Gasteiger partial charge on any atom is 0.257 e. The Labute approximate surface area is 131 Å². The van der Waals surface area contributed by atoms with Crippen molar-refractivity contribution in [2.75, 3.05) is 33.7 Å². The van der Waals surface area contributed by atoms with Crippen LogP contribution in [0, 0.1) is 6.92 Å². The molecule has 22 heavy (non-hydrogen) atoms. The molecular weight excluding hydrogens is 280 g/mol. The quantitative estimate of drug-likeness (QED) is 0.922. The van der Waals surface area contributed by atoms with Gasteiger partial charge in [-0.1, -0.05) is 0 Å². The number of hydrogen-bond acceptors (Lipinski definition) is 4. The molecule has 0 bridgehead atoms. The minimum Gasteiger partial charge on any atom is -0.465 e. The van der Waals surface area contributed by atoms with Crippen molar-refractivity contribution in [1.29, 1.82) is 0 Å². The van der Waals surface area contributed by atoms with Crippen molar-refractivity contribution in [3.8, 4) is 0 Å². The molecule has 1 saturated heterocycles. The number of carbonyl (C=O) groups is 1. The summed E-state index contributed by atoms with van der Waals surface area (Å²) in [6, 6.07) is 0. The number of hydrogen-bond donors (Lipinski definition) is 1. The molecule has 1 N–H and O–H groups in total. The Morgan fingerprint density at radius 3 is 2.82 bits per heavy atom. The van der Waals surface area contributed by atoms with Gasteiger partial charge in [0.25, 0.3) is 5.91 Å². The van der Waals surface area contributed by atoms with Crippen molar-refractivity contribution < 1.29 is 14.3 Å². The number of aliphatic hydroxyl groups is 1. The van der Waals surface area contributed by atoms with Gasteiger partial charge in [-0.3, -0.25) is 4.79 Å². The van der Waals surface area contributed by atoms with E-state index in [1.165, 1.54) is 0 Å². The van der Waals surface area contributed by atoms with Gasteiger partial charge in [0.2, 0.25) is 0 Å². The van der Waals surface area contributed by atoms with E-state index in [0.717, 1.165) is 48.3 Å². The average molecular weight is 306 g/mol. The molecule has 2 heterocycles. The topological polar surface area (TPSA) is 56.9 Å². The minimum atomic E-state index is -0.795. The SMILES string of the molecule is Cc1oc2c(c1C(=O)N1CC[C@@](O)(CN(C)C)C1)CCCC2. The van der Waals surface area contributed by atoms with Crippen molar-refractivity contribution in [3.63, 3.8) is 0 Å². The highest BCUT2D eigenvalue weighted by atomic mass is 16.3. The van der Waals surface area contributed by atoms with Crippen LogP contribution in [-0.4, -0.2) is 60.1 Å². The molecule has 5 heteroatoms. The van der Waals surface area contributed by atoms with E-state index in [4.69, 9.17) is 4.42 Å². The highest BCUT2D eigenvalue weighted by Crippen LogP contribution is 2.32. The monoisotopic (exact) mass is 306 g/mol. The Hall–Kier alpha value is -1.33. The number of amides is 1. The summed E-state index contributed by atoms with van der Waals surface area (Å²) in [5.74, 6) is 1.76. The van der Waals surface area contributed by atoms with E-state index in [2.05, 4.69) is 0 Å². The fourth-order valence-electron chi connectivity index (χ4n) is 3.89. The molecule has 1 aliphatic heterocycles. The third kappa shape index (κ3) is 2.79. The second kappa shape index (κ2) is 5.70. The van der Waals surface area contributed by atoms with Crippen molar-refractivity contribution in [2.45, 2.75) is 44.6 Å². The Bertz CT molecular complexity index is 579. The second-order valence-corrected chi connectivity index (χ2v) is 7.08. The Morgan fingerprint density at radius 1 is 1.36 bits per heavy atom. The summed E-state index contributed by atoms with van der Waals surface area (Å²) in [5, 5.41) is 10.6. The van der Waals surface area contributed by atoms with Gasteiger partial charge in [0.1, 0.15) is 11.5 Å². The highest BCUT2D eigenvalue weighted by Gasteiger charge is 2.40. The van der Waals surface area contributed by atoms with Gasteiger partial charge in [0.15, 0.2) is 0 Å². The maximum absolute atomic E-state index is 12.9. The summed E-state index contributed by atoms with van der Waals surface area (Å²) in [4.78, 5) is 16.7. The smallest absolute Gasteiger partial charge is 0.257 e. The lowest BCUT2D eigenvalue weighted by Crippen LogP contribution is -2.43. The van der Waals surface area contributed by atoms with E-state index >= 15 is 0 Å². The van der Waals surface area contributed by atoms with E-state index in [1.54, 1.807) is 4.90 Å². The van der Waals surface area contributed by atoms with Crippen LogP contribution in [0.4, 0.5) is 0 Å². The maximum atomic E-state index is 12.9. The number of β-amino-alcohol motifs (C(OH)–C–C–N with tert-alkyl or cyclic N) is 1. The zero-order valence-corrected chi connectivity index (χ0v) is 13.8. The zero-order valence-electron chi connectivity index (χ0n) is 13.8. The molecule has 5 nitrogen and oxygen atoms in total. The summed E-state index contributed by atoms with van der Waals surface area (Å²) >= 11 is 0. The molecular formula is C17H26N2O3. The predicted octanol–water partition coefficient (Wildman–Crippen LogP) is 1.61. The molecule has 2 aliphatic rings. The van der Waals surface area contributed by atoms with Crippen LogP contribution in [-0.2, 0) is 12.8 Å². The average Bonchev–Trinajstić information content (AvgIpc) is 2.97. The van der Waals surface area contributed by atoms with Gasteiger partial charge >= 0.3 is 0 Å². The molecule has 1 aromatic heterocycles. The molecule has 1 aromatic rings. The molecule has 0 aromatic carbocycles. The second-order valence-electron chi connectivity index (χ2n) is 7.08. The number of rotatable bonds is 3. The Kier molecular flexibility index (Phi) is 4.03. The number of furan rings is 1. The van der Waals surface area contributed by atoms with Crippen LogP contribution in [0.2, 0.25) is 0 Å². The number of fused-ring (bicyclic) bond motifs is 1. The van der Waals surface area contributed by atoms with Gasteiger partial charge in [0, 0.05) is 25.1 Å². The molecule has 1 aliphatic carbocycles. The lowest BCUT2D eigenvalue weighted by molar-refractivity contribution is 0.0235. The van der Waals surface area contributed by atoms with Crippen molar-refractivity contribution in [3.05, 3.63) is 22.6 Å². The fraction of sp³-hybridized carbons (Fsp3) is 0.706. The zero-order chi connectivity index (χ0) is 15.9. The summed E-state index contributed by atoms with van der Waals surface area (Å²) in [5.41, 5.74) is 1.07. The molecule has 122 valence electrons. The summed E-state index contributed by atoms with van der Waals surface area (Å²) in [6.45, 7) is 3.48. The van der Waals surface area contributed by atoms with Gasteiger partial charge in [-0.2, -0.15) is 0 Å². The normalized spacial score (nSPS) is 24.9. The van der Waals surface area contributed by atoms with E-state index in [-0.39, 0.29) is 5.91 Å². The van der Waals surface area contributed by atoms with Gasteiger partial charge in [0.05, 0.1) is 17.7 Å². The molecule has 0 radical (unpaired) electrons. The van der Waals surface area contributed by atoms with Crippen LogP contribution < -0.4 is 0 Å². The van der Waals surface area contributed by atoms with Crippen LogP contribution >= 0.6 is 0 Å². The molecule has 0 spiro atoms. The van der Waals surface area contributed by atoms with E-state index in [0.29, 0.717) is 26.1 Å². The standard InChI is InChI=1S/C17H26N2O3/c1-12-15(13-6-4-5-7-14(13)22-12)16(20)19-9-8-17(21,11-19)10-18(2)3/h21H,4-11H2,1-3H3/t17-/m1/s1. The number of carbonyl (C=O) groups excluding carboxylic acids is 1. The van der Waals surface area contributed by atoms with Crippen LogP contribution in [0.25, 0.3) is 0 Å². The van der Waals surface area contributed by atoms with E-state index < -0.39 is 5.60 Å². The van der Waals surface area contributed by atoms with Crippen molar-refractivity contribution >= 4 is 5.91 Å². The van der Waals surface area contributed by atoms with Gasteiger partial charge < -0.3 is 19.3 Å². The van der Waals surface area contributed by atoms with Crippen LogP contribution in [0.3, 0.4) is 0 Å². The third-order valence-electron chi connectivity index (χ3n) is 4.79. The molecule has 1 atom stereocenters. The summed E-state index contributed by atoms with van der Waals surface area (Å²) in [6.07, 6.45) is 4.77. The van der Waals surface area contributed by atoms with Crippen LogP contribution in [0.15, 0.2) is 4.42 Å². The molecule has 3 rings (SSSR count). The highest BCUT2D eigenvalue weighted by molar-refractivity contribution is 5.97. The van der Waals surface area contributed by atoms with Gasteiger partial charge in [-0.25, -0.2) is 0 Å². The third-order valence-corrected chi connectivity index (χ3v) is 4.79. The lowest BCUT2D eigenvalue weighted by Gasteiger charge is -2.26. The van der Waals surface area contributed by atoms with Crippen LogP contribution in [0.5, 0.6) is 0 Å². The van der Waals surface area contributed by atoms with Crippen LogP contribution in [0.1, 0.15) is 46.7 Å². The first-order chi connectivity index (χ1) is 10.4. The Morgan fingerprint density at radius 2 is 2.09 bits per heavy atom. The van der Waals surface area contributed by atoms with Gasteiger partial charge in [-0.05, 0) is 46.7 Å². The summed E-state index contributed by atoms with van der Waals surface area (Å²) in [7, 11) is 3.89. The number of aryl methyl sites for hydroxylation is 2. The van der Waals surface area contributed by atoms with Gasteiger partial charge in [-0.15, -0.1) is 0 Å². The first kappa shape index (κ1) is 15.6. The van der Waals surface area contributed by atoms with Crippen molar-refractivity contribution in [1.82, 2.24) is 9.80 Å². The minimum absolute atomic E-state index is 0.0269. The lowest BCUT2D eigenvalue weighted by atomic mass is 9.94. The summed E-state index contributed by atoms with van der Waals surface area (Å²) < 4.78 is 5.82. The molecule has 0 saturated carbocycles. The van der Waals surface area contributed by atoms with Crippen molar-refractivity contribution in [2.24, 2.45) is 0 Å². The first-order valence-electron chi connectivity index (χ1n) is 8.17. The first-order valence-corrected chi connectivity index (χ1v) is 8.17. The fourth-order valence-corrected chi connectivity index (χ4v) is 3.89. The predicted molar refractivity (Wildman–Crippen MR) is 84.1 cm³/mol. The molecule has 1 fully saturated rings. The number of likely N-dealkylation sites (N-methyl/N-ethyl adjacent to an activating group) is 1. The van der Waals surface area contributed by atoms with E-state index in [1.807, 2.05) is 25.9 Å².